The predicted octanol–water partition coefficient (Wildman–Crippen LogP) is 2.82. The maximum atomic E-state index is 12.1. The highest BCUT2D eigenvalue weighted by Gasteiger charge is 2.28. The van der Waals surface area contributed by atoms with Crippen molar-refractivity contribution >= 4 is 17.9 Å². The van der Waals surface area contributed by atoms with E-state index in [0.717, 1.165) is 5.56 Å². The standard InChI is InChI=1S/C20H19F3N2O6/c1-29-16-9-14(7-8-15(16)30-10-13-5-3-2-4-6-13)18(27)31-11-17(26)25-19(28)24-12-20(21,22)23/h2-9H,10-12H2,1H3,(H2,24,25,26,28). The van der Waals surface area contributed by atoms with Crippen molar-refractivity contribution < 1.29 is 41.8 Å². The molecule has 166 valence electrons. The molecule has 2 aromatic carbocycles. The number of imide groups is 1. The van der Waals surface area contributed by atoms with Gasteiger partial charge < -0.3 is 19.5 Å². The van der Waals surface area contributed by atoms with E-state index in [1.807, 2.05) is 30.3 Å². The van der Waals surface area contributed by atoms with Gasteiger partial charge in [0.05, 0.1) is 12.7 Å². The molecule has 2 N–H and O–H groups in total. The number of amides is 3. The molecule has 0 bridgehead atoms. The average molecular weight is 440 g/mol. The molecule has 3 amide bonds. The number of benzene rings is 2. The average Bonchev–Trinajstić information content (AvgIpc) is 2.74. The third kappa shape index (κ3) is 8.25. The molecule has 0 atom stereocenters. The molecular formula is C20H19F3N2O6. The van der Waals surface area contributed by atoms with Crippen molar-refractivity contribution in [2.75, 3.05) is 20.3 Å². The number of carbonyl (C=O) groups excluding carboxylic acids is 3. The second-order valence-electron chi connectivity index (χ2n) is 6.06. The lowest BCUT2D eigenvalue weighted by Gasteiger charge is -2.12. The van der Waals surface area contributed by atoms with Crippen LogP contribution in [0.4, 0.5) is 18.0 Å². The van der Waals surface area contributed by atoms with Crippen LogP contribution in [0.5, 0.6) is 11.5 Å². The van der Waals surface area contributed by atoms with E-state index in [4.69, 9.17) is 14.2 Å². The van der Waals surface area contributed by atoms with Gasteiger partial charge in [-0.15, -0.1) is 0 Å². The lowest BCUT2D eigenvalue weighted by atomic mass is 10.2. The van der Waals surface area contributed by atoms with Crippen molar-refractivity contribution in [2.45, 2.75) is 12.8 Å². The van der Waals surface area contributed by atoms with Gasteiger partial charge in [-0.05, 0) is 23.8 Å². The van der Waals surface area contributed by atoms with Crippen molar-refractivity contribution in [2.24, 2.45) is 0 Å². The molecule has 0 heterocycles. The highest BCUT2D eigenvalue weighted by molar-refractivity contribution is 5.97. The van der Waals surface area contributed by atoms with E-state index in [0.29, 0.717) is 5.75 Å². The summed E-state index contributed by atoms with van der Waals surface area (Å²) in [6.07, 6.45) is -4.62. The molecule has 2 rings (SSSR count). The van der Waals surface area contributed by atoms with Gasteiger partial charge in [0.25, 0.3) is 5.91 Å². The zero-order valence-electron chi connectivity index (χ0n) is 16.3. The van der Waals surface area contributed by atoms with E-state index in [-0.39, 0.29) is 17.9 Å². The van der Waals surface area contributed by atoms with Gasteiger partial charge in [-0.2, -0.15) is 13.2 Å². The summed E-state index contributed by atoms with van der Waals surface area (Å²) in [6.45, 7) is -2.20. The van der Waals surface area contributed by atoms with Crippen molar-refractivity contribution in [1.82, 2.24) is 10.6 Å². The monoisotopic (exact) mass is 440 g/mol. The summed E-state index contributed by atoms with van der Waals surface area (Å²) in [5, 5.41) is 3.06. The summed E-state index contributed by atoms with van der Waals surface area (Å²) < 4.78 is 51.6. The van der Waals surface area contributed by atoms with Crippen LogP contribution >= 0.6 is 0 Å². The Morgan fingerprint density at radius 2 is 1.71 bits per heavy atom. The number of urea groups is 1. The van der Waals surface area contributed by atoms with Gasteiger partial charge in [0.2, 0.25) is 0 Å². The summed E-state index contributed by atoms with van der Waals surface area (Å²) in [5.41, 5.74) is 0.969. The fourth-order valence-electron chi connectivity index (χ4n) is 2.25. The van der Waals surface area contributed by atoms with Crippen molar-refractivity contribution in [3.63, 3.8) is 0 Å². The minimum absolute atomic E-state index is 0.0400. The molecule has 2 aromatic rings. The number of ether oxygens (including phenoxy) is 3. The van der Waals surface area contributed by atoms with Crippen LogP contribution in [0, 0.1) is 0 Å². The smallest absolute Gasteiger partial charge is 0.405 e. The summed E-state index contributed by atoms with van der Waals surface area (Å²) in [7, 11) is 1.38. The van der Waals surface area contributed by atoms with E-state index in [1.165, 1.54) is 30.6 Å². The minimum atomic E-state index is -4.62. The maximum Gasteiger partial charge on any atom is 0.405 e. The van der Waals surface area contributed by atoms with E-state index in [1.54, 1.807) is 5.32 Å². The third-order valence-electron chi connectivity index (χ3n) is 3.67. The number of halogens is 3. The fraction of sp³-hybridized carbons (Fsp3) is 0.250. The fourth-order valence-corrected chi connectivity index (χ4v) is 2.25. The number of rotatable bonds is 8. The molecule has 0 aliphatic rings. The molecule has 0 radical (unpaired) electrons. The first kappa shape index (κ1) is 23.5. The van der Waals surface area contributed by atoms with Gasteiger partial charge in [-0.25, -0.2) is 9.59 Å². The van der Waals surface area contributed by atoms with Crippen LogP contribution in [0.25, 0.3) is 0 Å². The number of esters is 1. The molecule has 0 spiro atoms. The van der Waals surface area contributed by atoms with Crippen molar-refractivity contribution in [3.05, 3.63) is 59.7 Å². The first-order valence-electron chi connectivity index (χ1n) is 8.84. The van der Waals surface area contributed by atoms with Gasteiger partial charge in [0, 0.05) is 0 Å². The van der Waals surface area contributed by atoms with Gasteiger partial charge in [0.1, 0.15) is 13.2 Å². The Kier molecular flexibility index (Phi) is 8.24. The summed E-state index contributed by atoms with van der Waals surface area (Å²) in [6, 6.07) is 12.2. The zero-order valence-corrected chi connectivity index (χ0v) is 16.3. The summed E-state index contributed by atoms with van der Waals surface area (Å²) >= 11 is 0. The Bertz CT molecular complexity index is 919. The van der Waals surface area contributed by atoms with Crippen LogP contribution in [0.2, 0.25) is 0 Å². The zero-order chi connectivity index (χ0) is 22.9. The van der Waals surface area contributed by atoms with Crippen molar-refractivity contribution in [3.8, 4) is 11.5 Å². The second kappa shape index (κ2) is 10.9. The maximum absolute atomic E-state index is 12.1. The SMILES string of the molecule is COc1cc(C(=O)OCC(=O)NC(=O)NCC(F)(F)F)ccc1OCc1ccccc1. The van der Waals surface area contributed by atoms with E-state index in [9.17, 15) is 27.6 Å². The molecule has 0 saturated carbocycles. The Labute approximate surface area is 175 Å². The first-order chi connectivity index (χ1) is 14.7. The van der Waals surface area contributed by atoms with E-state index < -0.39 is 37.2 Å². The quantitative estimate of drug-likeness (QED) is 0.612. The molecular weight excluding hydrogens is 421 g/mol. The topological polar surface area (TPSA) is 103 Å². The molecule has 0 aliphatic carbocycles. The molecule has 0 aromatic heterocycles. The van der Waals surface area contributed by atoms with Crippen molar-refractivity contribution in [1.29, 1.82) is 0 Å². The Morgan fingerprint density at radius 3 is 2.35 bits per heavy atom. The van der Waals surface area contributed by atoms with Crippen LogP contribution < -0.4 is 20.1 Å². The van der Waals surface area contributed by atoms with Gasteiger partial charge in [0.15, 0.2) is 18.1 Å². The number of hydrogen-bond acceptors (Lipinski definition) is 6. The van der Waals surface area contributed by atoms with Crippen LogP contribution in [0.15, 0.2) is 48.5 Å². The lowest BCUT2D eigenvalue weighted by Crippen LogP contribution is -2.44. The molecule has 0 fully saturated rings. The molecule has 0 unspecified atom stereocenters. The molecule has 8 nitrogen and oxygen atoms in total. The highest BCUT2D eigenvalue weighted by atomic mass is 19.4. The predicted molar refractivity (Wildman–Crippen MR) is 102 cm³/mol. The minimum Gasteiger partial charge on any atom is -0.493 e. The summed E-state index contributed by atoms with van der Waals surface area (Å²) in [4.78, 5) is 34.8. The third-order valence-corrected chi connectivity index (χ3v) is 3.67. The molecule has 31 heavy (non-hydrogen) atoms. The van der Waals surface area contributed by atoms with Crippen LogP contribution in [0.3, 0.4) is 0 Å². The van der Waals surface area contributed by atoms with E-state index >= 15 is 0 Å². The Hall–Kier alpha value is -3.76. The lowest BCUT2D eigenvalue weighted by molar-refractivity contribution is -0.125. The van der Waals surface area contributed by atoms with Crippen LogP contribution in [-0.2, 0) is 16.1 Å². The number of methoxy groups -OCH3 is 1. The molecule has 0 aliphatic heterocycles. The van der Waals surface area contributed by atoms with Gasteiger partial charge in [-0.1, -0.05) is 30.3 Å². The Balaban J connectivity index is 1.87. The van der Waals surface area contributed by atoms with Crippen LogP contribution in [0.1, 0.15) is 15.9 Å². The first-order valence-corrected chi connectivity index (χ1v) is 8.84. The number of nitrogens with one attached hydrogen (secondary N) is 2. The number of alkyl halides is 3. The Morgan fingerprint density at radius 1 is 1.00 bits per heavy atom. The summed E-state index contributed by atoms with van der Waals surface area (Å²) in [5.74, 6) is -1.37. The molecule has 0 saturated heterocycles. The number of carbonyl (C=O) groups is 3. The van der Waals surface area contributed by atoms with Crippen LogP contribution in [-0.4, -0.2) is 44.3 Å². The van der Waals surface area contributed by atoms with E-state index in [2.05, 4.69) is 0 Å². The largest absolute Gasteiger partial charge is 0.493 e. The van der Waals surface area contributed by atoms with Gasteiger partial charge >= 0.3 is 18.2 Å². The normalized spacial score (nSPS) is 10.7. The number of hydrogen-bond donors (Lipinski definition) is 2. The highest BCUT2D eigenvalue weighted by Crippen LogP contribution is 2.29. The van der Waals surface area contributed by atoms with Gasteiger partial charge in [-0.3, -0.25) is 10.1 Å². The molecule has 11 heteroatoms. The second-order valence-corrected chi connectivity index (χ2v) is 6.06.